The Bertz CT molecular complexity index is 1110. The molecule has 34 heavy (non-hydrogen) atoms. The van der Waals surface area contributed by atoms with Crippen molar-refractivity contribution >= 4 is 27.7 Å². The normalized spacial score (nSPS) is 20.9. The number of amides is 1. The molecule has 0 spiro atoms. The van der Waals surface area contributed by atoms with E-state index in [-0.39, 0.29) is 23.5 Å². The second-order valence-electron chi connectivity index (χ2n) is 9.15. The van der Waals surface area contributed by atoms with Crippen LogP contribution < -0.4 is 10.1 Å². The van der Waals surface area contributed by atoms with Gasteiger partial charge in [-0.15, -0.1) is 11.8 Å². The molecule has 4 rings (SSSR count). The lowest BCUT2D eigenvalue weighted by Gasteiger charge is -2.42. The van der Waals surface area contributed by atoms with Gasteiger partial charge >= 0.3 is 0 Å². The lowest BCUT2D eigenvalue weighted by molar-refractivity contribution is -0.127. The Labute approximate surface area is 207 Å². The van der Waals surface area contributed by atoms with Crippen LogP contribution in [0.3, 0.4) is 0 Å². The Hall–Kier alpha value is -2.03. The predicted octanol–water partition coefficient (Wildman–Crippen LogP) is 5.01. The van der Waals surface area contributed by atoms with Gasteiger partial charge in [0.05, 0.1) is 10.9 Å². The largest absolute Gasteiger partial charge is 0.487 e. The Morgan fingerprint density at radius 2 is 1.74 bits per heavy atom. The van der Waals surface area contributed by atoms with Crippen molar-refractivity contribution in [2.24, 2.45) is 5.92 Å². The fourth-order valence-corrected chi connectivity index (χ4v) is 6.85. The fraction of sp³-hybridized carbons (Fsp3) is 0.500. The van der Waals surface area contributed by atoms with Crippen LogP contribution in [-0.4, -0.2) is 43.6 Å². The minimum absolute atomic E-state index is 0.00387. The summed E-state index contributed by atoms with van der Waals surface area (Å²) in [6.45, 7) is 4.95. The number of hydrogen-bond acceptors (Lipinski definition) is 5. The molecule has 2 aliphatic heterocycles. The number of thioether (sulfide) groups is 1. The Balaban J connectivity index is 1.42. The first-order valence-corrected chi connectivity index (χ1v) is 14.7. The van der Waals surface area contributed by atoms with E-state index in [1.807, 2.05) is 42.7 Å². The monoisotopic (exact) mass is 502 g/mol. The molecule has 2 heterocycles. The van der Waals surface area contributed by atoms with Crippen LogP contribution in [0.4, 0.5) is 0 Å². The summed E-state index contributed by atoms with van der Waals surface area (Å²) in [5.41, 5.74) is 0.734. The van der Waals surface area contributed by atoms with Gasteiger partial charge in [-0.2, -0.15) is 4.31 Å². The smallest absolute Gasteiger partial charge is 0.243 e. The quantitative estimate of drug-likeness (QED) is 0.539. The molecule has 1 N–H and O–H groups in total. The third-order valence-electron chi connectivity index (χ3n) is 7.32. The lowest BCUT2D eigenvalue weighted by atomic mass is 9.83. The highest BCUT2D eigenvalue weighted by atomic mass is 32.2. The number of piperidine rings is 1. The summed E-state index contributed by atoms with van der Waals surface area (Å²) in [4.78, 5) is 14.6. The zero-order valence-electron chi connectivity index (χ0n) is 20.1. The highest BCUT2D eigenvalue weighted by Gasteiger charge is 2.40. The minimum atomic E-state index is -3.55. The van der Waals surface area contributed by atoms with Crippen molar-refractivity contribution in [1.82, 2.24) is 9.62 Å². The number of benzene rings is 2. The molecule has 0 bridgehead atoms. The maximum atomic E-state index is 13.2. The summed E-state index contributed by atoms with van der Waals surface area (Å²) in [6, 6.07) is 14.8. The molecular weight excluding hydrogens is 468 g/mol. The topological polar surface area (TPSA) is 75.7 Å². The van der Waals surface area contributed by atoms with E-state index in [2.05, 4.69) is 19.2 Å². The predicted molar refractivity (Wildman–Crippen MR) is 136 cm³/mol. The van der Waals surface area contributed by atoms with Gasteiger partial charge in [0.15, 0.2) is 0 Å². The van der Waals surface area contributed by atoms with Crippen molar-refractivity contribution in [2.45, 2.75) is 67.4 Å². The van der Waals surface area contributed by atoms with E-state index < -0.39 is 10.0 Å². The maximum Gasteiger partial charge on any atom is 0.243 e. The van der Waals surface area contributed by atoms with Crippen LogP contribution >= 0.6 is 11.8 Å². The first-order chi connectivity index (χ1) is 16.3. The van der Waals surface area contributed by atoms with Gasteiger partial charge in [0, 0.05) is 35.9 Å². The van der Waals surface area contributed by atoms with E-state index in [1.54, 1.807) is 23.9 Å². The summed E-state index contributed by atoms with van der Waals surface area (Å²) in [5, 5.41) is 3.28. The van der Waals surface area contributed by atoms with Gasteiger partial charge in [-0.25, -0.2) is 8.42 Å². The molecule has 0 radical (unpaired) electrons. The average molecular weight is 503 g/mol. The molecule has 2 aromatic carbocycles. The summed E-state index contributed by atoms with van der Waals surface area (Å²) in [7, 11) is -3.55. The molecule has 2 aromatic rings. The van der Waals surface area contributed by atoms with Crippen molar-refractivity contribution in [3.05, 3.63) is 54.1 Å². The molecule has 0 saturated carbocycles. The SMILES string of the molecule is CCC1(CC)C[C@@H](NC(=O)C2CCN(S(=O)(=O)c3ccc(SC)cc3)CC2)c2ccccc2O1. The molecule has 2 aliphatic rings. The highest BCUT2D eigenvalue weighted by Crippen LogP contribution is 2.43. The van der Waals surface area contributed by atoms with Crippen LogP contribution in [0.2, 0.25) is 0 Å². The molecule has 1 amide bonds. The molecular formula is C26H34N2O4S2. The Morgan fingerprint density at radius 1 is 1.09 bits per heavy atom. The van der Waals surface area contributed by atoms with Gasteiger partial charge in [-0.1, -0.05) is 32.0 Å². The number of nitrogens with one attached hydrogen (secondary N) is 1. The third kappa shape index (κ3) is 4.99. The van der Waals surface area contributed by atoms with Crippen LogP contribution in [0.15, 0.2) is 58.3 Å². The molecule has 1 atom stereocenters. The summed E-state index contributed by atoms with van der Waals surface area (Å²) in [5.74, 6) is 0.651. The summed E-state index contributed by atoms with van der Waals surface area (Å²) >= 11 is 1.58. The molecule has 0 aromatic heterocycles. The second kappa shape index (κ2) is 10.3. The summed E-state index contributed by atoms with van der Waals surface area (Å²) < 4.78 is 34.0. The number of carbonyl (C=O) groups excluding carboxylic acids is 1. The minimum Gasteiger partial charge on any atom is -0.487 e. The van der Waals surface area contributed by atoms with Gasteiger partial charge in [0.1, 0.15) is 11.4 Å². The molecule has 8 heteroatoms. The standard InChI is InChI=1S/C26H34N2O4S2/c1-4-26(5-2)18-23(22-8-6-7-9-24(22)32-26)27-25(29)19-14-16-28(17-15-19)34(30,31)21-12-10-20(33-3)11-13-21/h6-13,19,23H,4-5,14-18H2,1-3H3,(H,27,29)/t23-/m1/s1. The van der Waals surface area contributed by atoms with Crippen molar-refractivity contribution in [2.75, 3.05) is 19.3 Å². The van der Waals surface area contributed by atoms with Gasteiger partial charge in [0.25, 0.3) is 0 Å². The van der Waals surface area contributed by atoms with Gasteiger partial charge in [0.2, 0.25) is 15.9 Å². The van der Waals surface area contributed by atoms with E-state index in [9.17, 15) is 13.2 Å². The van der Waals surface area contributed by atoms with E-state index in [4.69, 9.17) is 4.74 Å². The number of carbonyl (C=O) groups is 1. The Morgan fingerprint density at radius 3 is 2.35 bits per heavy atom. The van der Waals surface area contributed by atoms with Crippen LogP contribution in [-0.2, 0) is 14.8 Å². The van der Waals surface area contributed by atoms with Crippen LogP contribution in [0.25, 0.3) is 0 Å². The molecule has 1 saturated heterocycles. The van der Waals surface area contributed by atoms with E-state index in [1.165, 1.54) is 4.31 Å². The molecule has 0 unspecified atom stereocenters. The van der Waals surface area contributed by atoms with E-state index in [0.717, 1.165) is 35.5 Å². The van der Waals surface area contributed by atoms with Gasteiger partial charge in [-0.05, 0) is 62.3 Å². The lowest BCUT2D eigenvalue weighted by Crippen LogP contribution is -2.47. The molecule has 184 valence electrons. The highest BCUT2D eigenvalue weighted by molar-refractivity contribution is 7.98. The first kappa shape index (κ1) is 25.1. The zero-order chi connectivity index (χ0) is 24.3. The van der Waals surface area contributed by atoms with Crippen LogP contribution in [0, 0.1) is 5.92 Å². The molecule has 1 fully saturated rings. The van der Waals surface area contributed by atoms with Crippen molar-refractivity contribution in [3.8, 4) is 5.75 Å². The van der Waals surface area contributed by atoms with Crippen LogP contribution in [0.1, 0.15) is 57.6 Å². The zero-order valence-corrected chi connectivity index (χ0v) is 21.8. The third-order valence-corrected chi connectivity index (χ3v) is 9.98. The van der Waals surface area contributed by atoms with Gasteiger partial charge in [-0.3, -0.25) is 4.79 Å². The number of hydrogen-bond donors (Lipinski definition) is 1. The first-order valence-electron chi connectivity index (χ1n) is 12.0. The summed E-state index contributed by atoms with van der Waals surface area (Å²) in [6.07, 6.45) is 5.48. The average Bonchev–Trinajstić information content (AvgIpc) is 2.88. The maximum absolute atomic E-state index is 13.2. The van der Waals surface area contributed by atoms with E-state index >= 15 is 0 Å². The number of fused-ring (bicyclic) bond motifs is 1. The van der Waals surface area contributed by atoms with Crippen molar-refractivity contribution in [1.29, 1.82) is 0 Å². The molecule has 6 nitrogen and oxygen atoms in total. The second-order valence-corrected chi connectivity index (χ2v) is 12.0. The Kier molecular flexibility index (Phi) is 7.60. The van der Waals surface area contributed by atoms with Crippen LogP contribution in [0.5, 0.6) is 5.75 Å². The van der Waals surface area contributed by atoms with Crippen molar-refractivity contribution < 1.29 is 17.9 Å². The fourth-order valence-electron chi connectivity index (χ4n) is 4.97. The number of para-hydroxylation sites is 1. The number of sulfonamides is 1. The molecule has 0 aliphatic carbocycles. The van der Waals surface area contributed by atoms with Gasteiger partial charge < -0.3 is 10.1 Å². The number of rotatable bonds is 7. The van der Waals surface area contributed by atoms with E-state index in [0.29, 0.717) is 30.8 Å². The number of ether oxygens (including phenoxy) is 1. The number of nitrogens with zero attached hydrogens (tertiary/aromatic N) is 1. The van der Waals surface area contributed by atoms with Crippen molar-refractivity contribution in [3.63, 3.8) is 0 Å².